The highest BCUT2D eigenvalue weighted by molar-refractivity contribution is 7.15. The molecule has 0 fully saturated rings. The number of aromatic nitrogens is 1. The molecule has 1 aliphatic rings. The van der Waals surface area contributed by atoms with E-state index in [1.807, 2.05) is 0 Å². The Balaban J connectivity index is 1.79. The third-order valence-electron chi connectivity index (χ3n) is 4.09. The van der Waals surface area contributed by atoms with Crippen LogP contribution in [0.3, 0.4) is 0 Å². The molecule has 0 saturated carbocycles. The molecule has 3 rings (SSSR count). The first-order chi connectivity index (χ1) is 10.3. The Morgan fingerprint density at radius 3 is 2.43 bits per heavy atom. The van der Waals surface area contributed by atoms with Gasteiger partial charge in [0.1, 0.15) is 0 Å². The number of anilines is 1. The van der Waals surface area contributed by atoms with E-state index in [9.17, 15) is 5.11 Å². The van der Waals surface area contributed by atoms with Crippen molar-refractivity contribution in [2.75, 3.05) is 18.0 Å². The van der Waals surface area contributed by atoms with Crippen molar-refractivity contribution < 1.29 is 5.11 Å². The zero-order valence-electron chi connectivity index (χ0n) is 12.5. The van der Waals surface area contributed by atoms with Gasteiger partial charge in [-0.1, -0.05) is 48.9 Å². The van der Waals surface area contributed by atoms with E-state index in [1.165, 1.54) is 11.1 Å². The summed E-state index contributed by atoms with van der Waals surface area (Å²) in [7, 11) is 0. The van der Waals surface area contributed by atoms with E-state index in [-0.39, 0.29) is 6.61 Å². The Morgan fingerprint density at radius 1 is 1.19 bits per heavy atom. The molecule has 1 aromatic heterocycles. The summed E-state index contributed by atoms with van der Waals surface area (Å²) in [6, 6.07) is 8.73. The van der Waals surface area contributed by atoms with E-state index < -0.39 is 0 Å². The molecule has 21 heavy (non-hydrogen) atoms. The van der Waals surface area contributed by atoms with Crippen molar-refractivity contribution in [2.45, 2.75) is 39.2 Å². The maximum atomic E-state index is 9.51. The molecule has 4 heteroatoms. The van der Waals surface area contributed by atoms with Crippen LogP contribution in [-0.2, 0) is 25.9 Å². The lowest BCUT2D eigenvalue weighted by Crippen LogP contribution is -2.25. The second-order valence-corrected chi connectivity index (χ2v) is 6.59. The summed E-state index contributed by atoms with van der Waals surface area (Å²) >= 11 is 1.66. The van der Waals surface area contributed by atoms with E-state index in [4.69, 9.17) is 4.98 Å². The van der Waals surface area contributed by atoms with E-state index in [1.54, 1.807) is 11.3 Å². The van der Waals surface area contributed by atoms with E-state index in [0.717, 1.165) is 54.5 Å². The van der Waals surface area contributed by atoms with Crippen LogP contribution in [0.25, 0.3) is 0 Å². The van der Waals surface area contributed by atoms with Crippen LogP contribution in [0.5, 0.6) is 0 Å². The summed E-state index contributed by atoms with van der Waals surface area (Å²) in [6.07, 6.45) is 4.18. The molecule has 0 aliphatic carbocycles. The van der Waals surface area contributed by atoms with Crippen molar-refractivity contribution in [1.82, 2.24) is 4.98 Å². The Morgan fingerprint density at radius 2 is 1.86 bits per heavy atom. The van der Waals surface area contributed by atoms with Crippen LogP contribution in [0.1, 0.15) is 35.0 Å². The zero-order chi connectivity index (χ0) is 14.7. The molecule has 112 valence electrons. The van der Waals surface area contributed by atoms with E-state index in [2.05, 4.69) is 36.1 Å². The third kappa shape index (κ3) is 3.11. The van der Waals surface area contributed by atoms with Gasteiger partial charge in [-0.05, 0) is 30.4 Å². The van der Waals surface area contributed by atoms with Gasteiger partial charge in [-0.3, -0.25) is 0 Å². The fraction of sp³-hybridized carbons (Fsp3) is 0.471. The van der Waals surface area contributed by atoms with Crippen LogP contribution in [0, 0.1) is 0 Å². The standard InChI is InChI=1S/C17H22N2OS/c1-2-5-15-16(12-20)21-17(18-15)19-10-8-13-6-3-4-7-14(13)9-11-19/h3-4,6-7,20H,2,5,8-12H2,1H3. The maximum absolute atomic E-state index is 9.51. The van der Waals surface area contributed by atoms with Crippen molar-refractivity contribution >= 4 is 16.5 Å². The summed E-state index contributed by atoms with van der Waals surface area (Å²) in [4.78, 5) is 8.20. The molecule has 3 nitrogen and oxygen atoms in total. The summed E-state index contributed by atoms with van der Waals surface area (Å²) in [5.41, 5.74) is 4.02. The maximum Gasteiger partial charge on any atom is 0.185 e. The van der Waals surface area contributed by atoms with Gasteiger partial charge in [0.05, 0.1) is 17.2 Å². The molecule has 0 saturated heterocycles. The first-order valence-corrected chi connectivity index (χ1v) is 8.54. The van der Waals surface area contributed by atoms with Crippen LogP contribution in [0.15, 0.2) is 24.3 Å². The van der Waals surface area contributed by atoms with Gasteiger partial charge in [0.25, 0.3) is 0 Å². The second-order valence-electron chi connectivity index (χ2n) is 5.53. The highest BCUT2D eigenvalue weighted by atomic mass is 32.1. The lowest BCUT2D eigenvalue weighted by atomic mass is 10.0. The minimum atomic E-state index is 0.112. The number of benzene rings is 1. The van der Waals surface area contributed by atoms with Crippen LogP contribution in [0.2, 0.25) is 0 Å². The summed E-state index contributed by atoms with van der Waals surface area (Å²) in [5, 5.41) is 10.6. The van der Waals surface area contributed by atoms with Crippen molar-refractivity contribution in [2.24, 2.45) is 0 Å². The fourth-order valence-electron chi connectivity index (χ4n) is 2.92. The minimum absolute atomic E-state index is 0.112. The number of hydrogen-bond acceptors (Lipinski definition) is 4. The number of hydrogen-bond donors (Lipinski definition) is 1. The lowest BCUT2D eigenvalue weighted by Gasteiger charge is -2.18. The van der Waals surface area contributed by atoms with Crippen molar-refractivity contribution in [3.05, 3.63) is 46.0 Å². The average molecular weight is 302 g/mol. The normalized spacial score (nSPS) is 14.9. The second kappa shape index (κ2) is 6.58. The van der Waals surface area contributed by atoms with Crippen LogP contribution in [0.4, 0.5) is 5.13 Å². The SMILES string of the molecule is CCCc1nc(N2CCc3ccccc3CC2)sc1CO. The summed E-state index contributed by atoms with van der Waals surface area (Å²) < 4.78 is 0. The number of nitrogens with zero attached hydrogens (tertiary/aromatic N) is 2. The quantitative estimate of drug-likeness (QED) is 0.942. The molecule has 1 aromatic carbocycles. The molecule has 1 aliphatic heterocycles. The van der Waals surface area contributed by atoms with Crippen molar-refractivity contribution in [1.29, 1.82) is 0 Å². The van der Waals surface area contributed by atoms with E-state index in [0.29, 0.717) is 0 Å². The largest absolute Gasteiger partial charge is 0.391 e. The smallest absolute Gasteiger partial charge is 0.185 e. The van der Waals surface area contributed by atoms with Gasteiger partial charge in [-0.25, -0.2) is 4.98 Å². The molecular formula is C17H22N2OS. The molecule has 1 N–H and O–H groups in total. The summed E-state index contributed by atoms with van der Waals surface area (Å²) in [5.74, 6) is 0. The molecule has 0 spiro atoms. The van der Waals surface area contributed by atoms with E-state index >= 15 is 0 Å². The predicted molar refractivity (Wildman–Crippen MR) is 88.1 cm³/mol. The molecular weight excluding hydrogens is 280 g/mol. The lowest BCUT2D eigenvalue weighted by molar-refractivity contribution is 0.284. The van der Waals surface area contributed by atoms with Crippen molar-refractivity contribution in [3.63, 3.8) is 0 Å². The number of aryl methyl sites for hydroxylation is 1. The van der Waals surface area contributed by atoms with Gasteiger partial charge < -0.3 is 10.0 Å². The molecule has 2 aromatic rings. The van der Waals surface area contributed by atoms with Crippen LogP contribution < -0.4 is 4.90 Å². The zero-order valence-corrected chi connectivity index (χ0v) is 13.3. The van der Waals surface area contributed by atoms with Crippen LogP contribution >= 0.6 is 11.3 Å². The third-order valence-corrected chi connectivity index (χ3v) is 5.23. The Hall–Kier alpha value is -1.39. The molecule has 0 bridgehead atoms. The van der Waals surface area contributed by atoms with Gasteiger partial charge in [-0.15, -0.1) is 0 Å². The fourth-order valence-corrected chi connectivity index (χ4v) is 3.94. The van der Waals surface area contributed by atoms with Gasteiger partial charge in [0, 0.05) is 13.1 Å². The van der Waals surface area contributed by atoms with Gasteiger partial charge in [-0.2, -0.15) is 0 Å². The van der Waals surface area contributed by atoms with Crippen molar-refractivity contribution in [3.8, 4) is 0 Å². The topological polar surface area (TPSA) is 36.4 Å². The number of thiazole rings is 1. The number of rotatable bonds is 4. The Labute approximate surface area is 130 Å². The first kappa shape index (κ1) is 14.5. The Kier molecular flexibility index (Phi) is 4.56. The molecule has 0 unspecified atom stereocenters. The molecule has 0 amide bonds. The molecule has 0 atom stereocenters. The number of fused-ring (bicyclic) bond motifs is 1. The first-order valence-electron chi connectivity index (χ1n) is 7.73. The van der Waals surface area contributed by atoms with Gasteiger partial charge in [0.15, 0.2) is 5.13 Å². The van der Waals surface area contributed by atoms with Gasteiger partial charge in [0.2, 0.25) is 0 Å². The minimum Gasteiger partial charge on any atom is -0.391 e. The number of aliphatic hydroxyl groups excluding tert-OH is 1. The predicted octanol–water partition coefficient (Wildman–Crippen LogP) is 3.19. The van der Waals surface area contributed by atoms with Gasteiger partial charge >= 0.3 is 0 Å². The average Bonchev–Trinajstić information content (AvgIpc) is 2.79. The highest BCUT2D eigenvalue weighted by Crippen LogP contribution is 2.29. The Bertz CT molecular complexity index is 582. The highest BCUT2D eigenvalue weighted by Gasteiger charge is 2.18. The summed E-state index contributed by atoms with van der Waals surface area (Å²) in [6.45, 7) is 4.30. The van der Waals surface area contributed by atoms with Crippen LogP contribution in [-0.4, -0.2) is 23.2 Å². The number of aliphatic hydroxyl groups is 1. The molecule has 2 heterocycles. The monoisotopic (exact) mass is 302 g/mol. The molecule has 0 radical (unpaired) electrons.